The molecular formula is C19H24ClN5O3. The van der Waals surface area contributed by atoms with Crippen molar-refractivity contribution in [3.63, 3.8) is 0 Å². The van der Waals surface area contributed by atoms with E-state index in [1.807, 2.05) is 6.92 Å². The molecule has 3 rings (SSSR count). The van der Waals surface area contributed by atoms with Gasteiger partial charge in [-0.15, -0.1) is 0 Å². The number of likely N-dealkylation sites (tertiary alicyclic amines) is 1. The van der Waals surface area contributed by atoms with E-state index in [0.717, 1.165) is 13.0 Å². The van der Waals surface area contributed by atoms with Crippen LogP contribution in [0.5, 0.6) is 0 Å². The maximum absolute atomic E-state index is 12.7. The lowest BCUT2D eigenvalue weighted by molar-refractivity contribution is 0.0355. The summed E-state index contributed by atoms with van der Waals surface area (Å²) in [6, 6.07) is 2.61. The predicted molar refractivity (Wildman–Crippen MR) is 104 cm³/mol. The van der Waals surface area contributed by atoms with Gasteiger partial charge in [0, 0.05) is 32.0 Å². The summed E-state index contributed by atoms with van der Waals surface area (Å²) >= 11 is 5.82. The van der Waals surface area contributed by atoms with Crippen LogP contribution in [0, 0.1) is 6.92 Å². The van der Waals surface area contributed by atoms with Crippen LogP contribution in [-0.4, -0.2) is 61.8 Å². The van der Waals surface area contributed by atoms with E-state index in [0.29, 0.717) is 29.2 Å². The second-order valence-corrected chi connectivity index (χ2v) is 7.38. The minimum Gasteiger partial charge on any atom is -0.391 e. The Morgan fingerprint density at radius 3 is 2.86 bits per heavy atom. The number of amides is 2. The number of aliphatic hydroxyl groups excluding tert-OH is 1. The first-order valence-electron chi connectivity index (χ1n) is 9.32. The Hall–Kier alpha value is -2.45. The van der Waals surface area contributed by atoms with E-state index < -0.39 is 12.1 Å². The lowest BCUT2D eigenvalue weighted by Crippen LogP contribution is -2.56. The number of nitrogens with zero attached hydrogens (tertiary/aromatic N) is 4. The summed E-state index contributed by atoms with van der Waals surface area (Å²) < 4.78 is 1.74. The Balaban J connectivity index is 1.68. The van der Waals surface area contributed by atoms with E-state index in [-0.39, 0.29) is 24.1 Å². The summed E-state index contributed by atoms with van der Waals surface area (Å²) in [5.74, 6) is -0.558. The molecule has 0 bridgehead atoms. The van der Waals surface area contributed by atoms with Gasteiger partial charge < -0.3 is 15.3 Å². The van der Waals surface area contributed by atoms with Gasteiger partial charge in [0.25, 0.3) is 11.8 Å². The molecule has 1 fully saturated rings. The first-order chi connectivity index (χ1) is 13.4. The zero-order valence-electron chi connectivity index (χ0n) is 15.9. The number of carbonyl (C=O) groups excluding carboxylic acids is 2. The molecule has 1 aliphatic rings. The number of aromatic nitrogens is 3. The second kappa shape index (κ2) is 8.70. The second-order valence-electron chi connectivity index (χ2n) is 6.94. The van der Waals surface area contributed by atoms with E-state index >= 15 is 0 Å². The molecule has 2 aromatic heterocycles. The minimum atomic E-state index is -0.725. The normalized spacial score (nSPS) is 19.5. The molecule has 2 atom stereocenters. The van der Waals surface area contributed by atoms with E-state index in [9.17, 15) is 14.7 Å². The topological polar surface area (TPSA) is 100 Å². The lowest BCUT2D eigenvalue weighted by Gasteiger charge is -2.36. The molecule has 3 heterocycles. The molecule has 0 aliphatic carbocycles. The molecule has 1 saturated heterocycles. The Kier molecular flexibility index (Phi) is 6.31. The third kappa shape index (κ3) is 4.51. The summed E-state index contributed by atoms with van der Waals surface area (Å²) in [6.45, 7) is 5.15. The minimum absolute atomic E-state index is 0.207. The summed E-state index contributed by atoms with van der Waals surface area (Å²) in [6.07, 6.45) is 3.70. The SMILES string of the molecule is CCCn1cc(C(=O)N[C@@H]2CN(C(=O)c3ccc(Cl)cn3)CC[C@@H]2O)c(C)n1. The van der Waals surface area contributed by atoms with Crippen LogP contribution in [0.25, 0.3) is 0 Å². The highest BCUT2D eigenvalue weighted by Gasteiger charge is 2.32. The number of halogens is 1. The van der Waals surface area contributed by atoms with E-state index in [1.54, 1.807) is 34.8 Å². The maximum Gasteiger partial charge on any atom is 0.272 e. The van der Waals surface area contributed by atoms with Crippen LogP contribution in [0.4, 0.5) is 0 Å². The van der Waals surface area contributed by atoms with Crippen LogP contribution in [0.3, 0.4) is 0 Å². The van der Waals surface area contributed by atoms with Gasteiger partial charge in [0.2, 0.25) is 0 Å². The first kappa shape index (κ1) is 20.3. The first-order valence-corrected chi connectivity index (χ1v) is 9.70. The number of nitrogens with one attached hydrogen (secondary N) is 1. The number of pyridine rings is 1. The fourth-order valence-corrected chi connectivity index (χ4v) is 3.37. The average molecular weight is 406 g/mol. The summed E-state index contributed by atoms with van der Waals surface area (Å²) in [7, 11) is 0. The van der Waals surface area contributed by atoms with Crippen molar-refractivity contribution in [3.05, 3.63) is 46.5 Å². The molecule has 0 unspecified atom stereocenters. The molecule has 2 amide bonds. The number of carbonyl (C=O) groups is 2. The molecule has 0 radical (unpaired) electrons. The molecule has 2 N–H and O–H groups in total. The molecule has 150 valence electrons. The van der Waals surface area contributed by atoms with Gasteiger partial charge in [-0.1, -0.05) is 18.5 Å². The Morgan fingerprint density at radius 1 is 1.39 bits per heavy atom. The van der Waals surface area contributed by atoms with E-state index in [4.69, 9.17) is 11.6 Å². The van der Waals surface area contributed by atoms with Crippen molar-refractivity contribution in [2.75, 3.05) is 13.1 Å². The predicted octanol–water partition coefficient (Wildman–Crippen LogP) is 1.66. The van der Waals surface area contributed by atoms with Crippen molar-refractivity contribution in [3.8, 4) is 0 Å². The van der Waals surface area contributed by atoms with Gasteiger partial charge in [-0.25, -0.2) is 4.98 Å². The number of hydrogen-bond donors (Lipinski definition) is 2. The quantitative estimate of drug-likeness (QED) is 0.787. The van der Waals surface area contributed by atoms with Gasteiger partial charge in [0.15, 0.2) is 0 Å². The Bertz CT molecular complexity index is 852. The van der Waals surface area contributed by atoms with Crippen LogP contribution in [-0.2, 0) is 6.54 Å². The molecule has 9 heteroatoms. The summed E-state index contributed by atoms with van der Waals surface area (Å²) in [4.78, 5) is 31.0. The number of aryl methyl sites for hydroxylation is 2. The van der Waals surface area contributed by atoms with Gasteiger partial charge in [-0.3, -0.25) is 14.3 Å². The lowest BCUT2D eigenvalue weighted by atomic mass is 10.0. The highest BCUT2D eigenvalue weighted by molar-refractivity contribution is 6.30. The van der Waals surface area contributed by atoms with Crippen LogP contribution >= 0.6 is 11.6 Å². The van der Waals surface area contributed by atoms with Crippen molar-refractivity contribution in [2.45, 2.75) is 45.4 Å². The maximum atomic E-state index is 12.7. The highest BCUT2D eigenvalue weighted by Crippen LogP contribution is 2.16. The number of aliphatic hydroxyl groups is 1. The monoisotopic (exact) mass is 405 g/mol. The zero-order valence-corrected chi connectivity index (χ0v) is 16.7. The van der Waals surface area contributed by atoms with Crippen molar-refractivity contribution in [1.82, 2.24) is 25.0 Å². The van der Waals surface area contributed by atoms with Gasteiger partial charge in [-0.2, -0.15) is 5.10 Å². The molecule has 1 aliphatic heterocycles. The van der Waals surface area contributed by atoms with E-state index in [1.165, 1.54) is 6.20 Å². The number of piperidine rings is 1. The van der Waals surface area contributed by atoms with E-state index in [2.05, 4.69) is 15.4 Å². The van der Waals surface area contributed by atoms with Crippen LogP contribution < -0.4 is 5.32 Å². The number of rotatable bonds is 5. The molecule has 0 aromatic carbocycles. The Morgan fingerprint density at radius 2 is 2.18 bits per heavy atom. The molecule has 28 heavy (non-hydrogen) atoms. The largest absolute Gasteiger partial charge is 0.391 e. The fourth-order valence-electron chi connectivity index (χ4n) is 3.26. The van der Waals surface area contributed by atoms with Crippen molar-refractivity contribution >= 4 is 23.4 Å². The van der Waals surface area contributed by atoms with Gasteiger partial charge in [0.1, 0.15) is 5.69 Å². The van der Waals surface area contributed by atoms with Gasteiger partial charge in [0.05, 0.1) is 28.4 Å². The molecule has 0 spiro atoms. The third-order valence-corrected chi connectivity index (χ3v) is 4.99. The molecular weight excluding hydrogens is 382 g/mol. The third-order valence-electron chi connectivity index (χ3n) is 4.77. The zero-order chi connectivity index (χ0) is 20.3. The standard InChI is InChI=1S/C19H24ClN5O3/c1-3-7-25-10-14(12(2)23-25)18(27)22-16-11-24(8-6-17(16)26)19(28)15-5-4-13(20)9-21-15/h4-5,9-10,16-17,26H,3,6-8,11H2,1-2H3,(H,22,27)/t16-,17+/m1/s1. The molecule has 0 saturated carbocycles. The summed E-state index contributed by atoms with van der Waals surface area (Å²) in [5.41, 5.74) is 1.39. The molecule has 8 nitrogen and oxygen atoms in total. The number of hydrogen-bond acceptors (Lipinski definition) is 5. The highest BCUT2D eigenvalue weighted by atomic mass is 35.5. The van der Waals surface area contributed by atoms with Crippen LogP contribution in [0.15, 0.2) is 24.5 Å². The Labute approximate surface area is 168 Å². The van der Waals surface area contributed by atoms with Crippen molar-refractivity contribution in [1.29, 1.82) is 0 Å². The average Bonchev–Trinajstić information content (AvgIpc) is 3.04. The van der Waals surface area contributed by atoms with Gasteiger partial charge >= 0.3 is 0 Å². The van der Waals surface area contributed by atoms with Gasteiger partial charge in [-0.05, 0) is 31.9 Å². The van der Waals surface area contributed by atoms with Crippen LogP contribution in [0.2, 0.25) is 5.02 Å². The fraction of sp³-hybridized carbons (Fsp3) is 0.474. The van der Waals surface area contributed by atoms with Crippen molar-refractivity contribution in [2.24, 2.45) is 0 Å². The molecule has 2 aromatic rings. The summed E-state index contributed by atoms with van der Waals surface area (Å²) in [5, 5.41) is 18.0. The van der Waals surface area contributed by atoms with Crippen LogP contribution in [0.1, 0.15) is 46.3 Å². The smallest absolute Gasteiger partial charge is 0.272 e. The van der Waals surface area contributed by atoms with Crippen molar-refractivity contribution < 1.29 is 14.7 Å².